The van der Waals surface area contributed by atoms with Crippen molar-refractivity contribution >= 4 is 5.65 Å². The van der Waals surface area contributed by atoms with Gasteiger partial charge < -0.3 is 10.2 Å². The molecule has 0 bridgehead atoms. The Balaban J connectivity index is 1.54. The van der Waals surface area contributed by atoms with Crippen LogP contribution in [0.5, 0.6) is 0 Å². The van der Waals surface area contributed by atoms with E-state index in [1.165, 1.54) is 12.1 Å². The van der Waals surface area contributed by atoms with Crippen molar-refractivity contribution in [3.8, 4) is 11.1 Å². The van der Waals surface area contributed by atoms with Crippen LogP contribution in [0, 0.1) is 5.82 Å². The second kappa shape index (κ2) is 8.46. The molecule has 29 heavy (non-hydrogen) atoms. The highest BCUT2D eigenvalue weighted by molar-refractivity contribution is 5.66. The smallest absolute Gasteiger partial charge is 0.183 e. The van der Waals surface area contributed by atoms with Crippen molar-refractivity contribution in [1.82, 2.24) is 30.3 Å². The van der Waals surface area contributed by atoms with Gasteiger partial charge in [-0.3, -0.25) is 0 Å². The molecule has 2 aromatic heterocycles. The lowest BCUT2D eigenvalue weighted by Gasteiger charge is -2.25. The molecule has 0 spiro atoms. The number of halogens is 1. The van der Waals surface area contributed by atoms with E-state index in [0.29, 0.717) is 13.1 Å². The molecule has 148 valence electrons. The van der Waals surface area contributed by atoms with Gasteiger partial charge in [-0.25, -0.2) is 4.39 Å². The van der Waals surface area contributed by atoms with Gasteiger partial charge in [0.15, 0.2) is 5.65 Å². The Labute approximate surface area is 169 Å². The summed E-state index contributed by atoms with van der Waals surface area (Å²) in [5.41, 5.74) is 5.00. The first-order valence-corrected chi connectivity index (χ1v) is 9.50. The summed E-state index contributed by atoms with van der Waals surface area (Å²) < 4.78 is 15.0. The van der Waals surface area contributed by atoms with E-state index in [2.05, 4.69) is 43.9 Å². The van der Waals surface area contributed by atoms with Crippen molar-refractivity contribution in [2.24, 2.45) is 0 Å². The number of nitrogens with one attached hydrogen (secondary N) is 1. The summed E-state index contributed by atoms with van der Waals surface area (Å²) in [6.45, 7) is 1.33. The molecule has 1 atom stereocenters. The summed E-state index contributed by atoms with van der Waals surface area (Å²) in [5.74, 6) is -0.223. The third-order valence-electron chi connectivity index (χ3n) is 5.01. The largest absolute Gasteiger partial charge is 0.311 e. The Hall–Kier alpha value is -3.16. The second-order valence-electron chi connectivity index (χ2n) is 7.23. The summed E-state index contributed by atoms with van der Waals surface area (Å²) in [6.07, 6.45) is 1.94. The SMILES string of the molecule is CN(C)C(CNCc1cc(-c2ccccc2)cn2nnnc12)c1ccc(F)cc1. The lowest BCUT2D eigenvalue weighted by Crippen LogP contribution is -2.31. The molecule has 0 fully saturated rings. The lowest BCUT2D eigenvalue weighted by atomic mass is 10.0. The Bertz CT molecular complexity index is 1080. The molecule has 0 aliphatic heterocycles. The van der Waals surface area contributed by atoms with E-state index in [4.69, 9.17) is 0 Å². The van der Waals surface area contributed by atoms with Crippen LogP contribution in [0.3, 0.4) is 0 Å². The van der Waals surface area contributed by atoms with Gasteiger partial charge >= 0.3 is 0 Å². The summed E-state index contributed by atoms with van der Waals surface area (Å²) in [5, 5.41) is 15.6. The van der Waals surface area contributed by atoms with E-state index in [1.54, 1.807) is 4.52 Å². The average molecular weight is 390 g/mol. The van der Waals surface area contributed by atoms with Gasteiger partial charge in [0, 0.05) is 36.5 Å². The summed E-state index contributed by atoms with van der Waals surface area (Å²) >= 11 is 0. The quantitative estimate of drug-likeness (QED) is 0.525. The molecule has 1 unspecified atom stereocenters. The Morgan fingerprint density at radius 3 is 2.52 bits per heavy atom. The van der Waals surface area contributed by atoms with Crippen molar-refractivity contribution in [2.75, 3.05) is 20.6 Å². The van der Waals surface area contributed by atoms with E-state index in [1.807, 2.05) is 50.6 Å². The molecular weight excluding hydrogens is 367 g/mol. The number of aromatic nitrogens is 4. The topological polar surface area (TPSA) is 58.4 Å². The number of fused-ring (bicyclic) bond motifs is 1. The van der Waals surface area contributed by atoms with Crippen molar-refractivity contribution in [1.29, 1.82) is 0 Å². The van der Waals surface area contributed by atoms with Crippen LogP contribution in [0.25, 0.3) is 16.8 Å². The first-order valence-electron chi connectivity index (χ1n) is 9.50. The minimum absolute atomic E-state index is 0.125. The second-order valence-corrected chi connectivity index (χ2v) is 7.23. The van der Waals surface area contributed by atoms with Crippen LogP contribution in [0.4, 0.5) is 4.39 Å². The van der Waals surface area contributed by atoms with Gasteiger partial charge in [0.2, 0.25) is 0 Å². The normalized spacial score (nSPS) is 12.6. The molecular formula is C22H23FN6. The van der Waals surface area contributed by atoms with Crippen LogP contribution in [-0.4, -0.2) is 45.6 Å². The molecule has 2 heterocycles. The number of hydrogen-bond acceptors (Lipinski definition) is 5. The van der Waals surface area contributed by atoms with E-state index in [-0.39, 0.29) is 11.9 Å². The van der Waals surface area contributed by atoms with Crippen molar-refractivity contribution in [3.05, 3.63) is 83.8 Å². The molecule has 4 aromatic rings. The fraction of sp³-hybridized carbons (Fsp3) is 0.227. The number of hydrogen-bond donors (Lipinski definition) is 1. The highest BCUT2D eigenvalue weighted by Crippen LogP contribution is 2.22. The minimum Gasteiger partial charge on any atom is -0.311 e. The summed E-state index contributed by atoms with van der Waals surface area (Å²) in [7, 11) is 4.04. The molecule has 2 aromatic carbocycles. The molecule has 0 saturated heterocycles. The number of tetrazole rings is 1. The van der Waals surface area contributed by atoms with E-state index in [9.17, 15) is 4.39 Å². The van der Waals surface area contributed by atoms with Crippen LogP contribution in [-0.2, 0) is 6.54 Å². The maximum absolute atomic E-state index is 13.3. The third-order valence-corrected chi connectivity index (χ3v) is 5.01. The molecule has 0 radical (unpaired) electrons. The number of rotatable bonds is 7. The van der Waals surface area contributed by atoms with Crippen LogP contribution in [0.15, 0.2) is 66.9 Å². The van der Waals surface area contributed by atoms with Crippen LogP contribution < -0.4 is 5.32 Å². The fourth-order valence-electron chi connectivity index (χ4n) is 3.46. The van der Waals surface area contributed by atoms with E-state index >= 15 is 0 Å². The minimum atomic E-state index is -0.223. The Morgan fingerprint density at radius 2 is 1.79 bits per heavy atom. The fourth-order valence-corrected chi connectivity index (χ4v) is 3.46. The molecule has 0 amide bonds. The number of benzene rings is 2. The zero-order chi connectivity index (χ0) is 20.2. The first-order chi connectivity index (χ1) is 14.1. The van der Waals surface area contributed by atoms with Crippen molar-refractivity contribution < 1.29 is 4.39 Å². The van der Waals surface area contributed by atoms with Crippen LogP contribution >= 0.6 is 0 Å². The average Bonchev–Trinajstić information content (AvgIpc) is 3.21. The van der Waals surface area contributed by atoms with Gasteiger partial charge in [-0.05, 0) is 53.8 Å². The lowest BCUT2D eigenvalue weighted by molar-refractivity contribution is 0.288. The first kappa shape index (κ1) is 19.2. The van der Waals surface area contributed by atoms with Crippen LogP contribution in [0.2, 0.25) is 0 Å². The van der Waals surface area contributed by atoms with E-state index in [0.717, 1.165) is 27.9 Å². The predicted molar refractivity (Wildman–Crippen MR) is 111 cm³/mol. The van der Waals surface area contributed by atoms with Crippen molar-refractivity contribution in [3.63, 3.8) is 0 Å². The zero-order valence-electron chi connectivity index (χ0n) is 16.5. The molecule has 7 heteroatoms. The standard InChI is InChI=1S/C22H23FN6/c1-28(2)21(17-8-10-20(23)11-9-17)14-24-13-18-12-19(16-6-4-3-5-7-16)15-29-22(18)25-26-27-29/h3-12,15,21,24H,13-14H2,1-2H3. The number of nitrogens with zero attached hydrogens (tertiary/aromatic N) is 5. The Kier molecular flexibility index (Phi) is 5.59. The predicted octanol–water partition coefficient (Wildman–Crippen LogP) is 3.32. The monoisotopic (exact) mass is 390 g/mol. The molecule has 1 N–H and O–H groups in total. The summed E-state index contributed by atoms with van der Waals surface area (Å²) in [4.78, 5) is 2.12. The van der Waals surface area contributed by atoms with Gasteiger partial charge in [0.25, 0.3) is 0 Å². The number of likely N-dealkylation sites (N-methyl/N-ethyl adjacent to an activating group) is 1. The van der Waals surface area contributed by atoms with E-state index < -0.39 is 0 Å². The summed E-state index contributed by atoms with van der Waals surface area (Å²) in [6, 6.07) is 19.1. The Morgan fingerprint density at radius 1 is 1.03 bits per heavy atom. The van der Waals surface area contributed by atoms with Crippen LogP contribution in [0.1, 0.15) is 17.2 Å². The van der Waals surface area contributed by atoms with Crippen molar-refractivity contribution in [2.45, 2.75) is 12.6 Å². The molecule has 6 nitrogen and oxygen atoms in total. The molecule has 4 rings (SSSR count). The highest BCUT2D eigenvalue weighted by Gasteiger charge is 2.15. The molecule has 0 aliphatic rings. The van der Waals surface area contributed by atoms with Gasteiger partial charge in [-0.2, -0.15) is 4.52 Å². The molecule has 0 saturated carbocycles. The van der Waals surface area contributed by atoms with Gasteiger partial charge in [0.05, 0.1) is 0 Å². The molecule has 0 aliphatic carbocycles. The van der Waals surface area contributed by atoms with Gasteiger partial charge in [-0.1, -0.05) is 42.5 Å². The van der Waals surface area contributed by atoms with Gasteiger partial charge in [0.1, 0.15) is 5.82 Å². The zero-order valence-corrected chi connectivity index (χ0v) is 16.5. The van der Waals surface area contributed by atoms with Gasteiger partial charge in [-0.15, -0.1) is 5.10 Å². The highest BCUT2D eigenvalue weighted by atomic mass is 19.1. The maximum atomic E-state index is 13.3. The number of pyridine rings is 1. The third kappa shape index (κ3) is 4.31. The maximum Gasteiger partial charge on any atom is 0.183 e.